The number of fused-ring (bicyclic) bond motifs is 1. The molecule has 1 saturated carbocycles. The first-order valence-electron chi connectivity index (χ1n) is 11.6. The maximum Gasteiger partial charge on any atom is 0.305 e. The Morgan fingerprint density at radius 2 is 1.97 bits per heavy atom. The molecule has 0 aromatic heterocycles. The van der Waals surface area contributed by atoms with Crippen molar-refractivity contribution in [3.63, 3.8) is 0 Å². The highest BCUT2D eigenvalue weighted by Crippen LogP contribution is 2.30. The van der Waals surface area contributed by atoms with Gasteiger partial charge >= 0.3 is 5.97 Å². The summed E-state index contributed by atoms with van der Waals surface area (Å²) in [6.07, 6.45) is 12.9. The molecule has 3 rings (SSSR count). The van der Waals surface area contributed by atoms with Crippen molar-refractivity contribution in [3.8, 4) is 0 Å². The Labute approximate surface area is 179 Å². The molecule has 30 heavy (non-hydrogen) atoms. The SMILES string of the molecule is O=C(CC1CC=CCCCCC(=O)OCC2CCCN2C1=O)NC1(CO)CCCC1. The summed E-state index contributed by atoms with van der Waals surface area (Å²) in [5.41, 5.74) is -0.526. The van der Waals surface area contributed by atoms with Crippen molar-refractivity contribution >= 4 is 17.8 Å². The van der Waals surface area contributed by atoms with Crippen LogP contribution in [0.15, 0.2) is 12.2 Å². The second-order valence-electron chi connectivity index (χ2n) is 9.06. The minimum absolute atomic E-state index is 0.0325. The van der Waals surface area contributed by atoms with Crippen LogP contribution in [-0.2, 0) is 19.1 Å². The van der Waals surface area contributed by atoms with Crippen molar-refractivity contribution in [2.75, 3.05) is 19.8 Å². The number of nitrogens with one attached hydrogen (secondary N) is 1. The standard InChI is InChI=1S/C23H36N2O5/c26-17-23(12-6-7-13-23)24-20(27)15-18-9-4-2-1-3-5-11-21(28)30-16-19-10-8-14-25(19)22(18)29/h2,4,18-19,26H,1,3,5-17H2,(H,24,27). The molecule has 7 heteroatoms. The molecule has 2 fully saturated rings. The number of ether oxygens (including phenoxy) is 1. The molecule has 2 unspecified atom stereocenters. The predicted molar refractivity (Wildman–Crippen MR) is 112 cm³/mol. The van der Waals surface area contributed by atoms with Crippen molar-refractivity contribution in [2.45, 2.75) is 88.6 Å². The molecular weight excluding hydrogens is 384 g/mol. The van der Waals surface area contributed by atoms with E-state index in [9.17, 15) is 19.5 Å². The van der Waals surface area contributed by atoms with Gasteiger partial charge in [-0.25, -0.2) is 0 Å². The lowest BCUT2D eigenvalue weighted by Gasteiger charge is -2.31. The molecule has 1 saturated heterocycles. The third kappa shape index (κ3) is 6.06. The zero-order chi connectivity index (χ0) is 21.4. The fourth-order valence-corrected chi connectivity index (χ4v) is 4.92. The first-order valence-corrected chi connectivity index (χ1v) is 11.6. The van der Waals surface area contributed by atoms with Gasteiger partial charge in [-0.05, 0) is 51.4 Å². The summed E-state index contributed by atoms with van der Waals surface area (Å²) in [7, 11) is 0. The van der Waals surface area contributed by atoms with Crippen LogP contribution < -0.4 is 5.32 Å². The molecule has 0 radical (unpaired) electrons. The number of carbonyl (C=O) groups is 3. The van der Waals surface area contributed by atoms with Crippen LogP contribution in [0, 0.1) is 5.92 Å². The van der Waals surface area contributed by atoms with Crippen LogP contribution in [0.5, 0.6) is 0 Å². The van der Waals surface area contributed by atoms with Crippen LogP contribution in [-0.4, -0.2) is 59.1 Å². The first-order chi connectivity index (χ1) is 14.5. The van der Waals surface area contributed by atoms with Gasteiger partial charge in [-0.15, -0.1) is 0 Å². The Morgan fingerprint density at radius 1 is 1.17 bits per heavy atom. The zero-order valence-electron chi connectivity index (χ0n) is 17.9. The molecule has 168 valence electrons. The topological polar surface area (TPSA) is 95.9 Å². The maximum atomic E-state index is 13.3. The van der Waals surface area contributed by atoms with Crippen molar-refractivity contribution in [1.82, 2.24) is 10.2 Å². The highest BCUT2D eigenvalue weighted by Gasteiger charge is 2.37. The maximum absolute atomic E-state index is 13.3. The highest BCUT2D eigenvalue weighted by atomic mass is 16.5. The number of cyclic esters (lactones) is 1. The molecule has 2 heterocycles. The Bertz CT molecular complexity index is 642. The zero-order valence-corrected chi connectivity index (χ0v) is 17.9. The Morgan fingerprint density at radius 3 is 2.73 bits per heavy atom. The number of aliphatic hydroxyl groups is 1. The third-order valence-corrected chi connectivity index (χ3v) is 6.73. The molecule has 1 aliphatic carbocycles. The lowest BCUT2D eigenvalue weighted by Crippen LogP contribution is -2.50. The van der Waals surface area contributed by atoms with E-state index in [0.717, 1.165) is 57.8 Å². The molecule has 0 aromatic rings. The molecule has 2 aliphatic heterocycles. The normalized spacial score (nSPS) is 28.0. The first kappa shape index (κ1) is 22.8. The Hall–Kier alpha value is -1.89. The molecule has 0 spiro atoms. The molecule has 3 aliphatic rings. The van der Waals surface area contributed by atoms with Crippen LogP contribution in [0.2, 0.25) is 0 Å². The lowest BCUT2D eigenvalue weighted by molar-refractivity contribution is -0.148. The summed E-state index contributed by atoms with van der Waals surface area (Å²) in [4.78, 5) is 39.9. The van der Waals surface area contributed by atoms with Gasteiger partial charge < -0.3 is 20.1 Å². The van der Waals surface area contributed by atoms with Gasteiger partial charge in [0.1, 0.15) is 6.61 Å². The summed E-state index contributed by atoms with van der Waals surface area (Å²) < 4.78 is 5.42. The second kappa shape index (κ2) is 10.9. The average molecular weight is 421 g/mol. The summed E-state index contributed by atoms with van der Waals surface area (Å²) in [5, 5.41) is 12.8. The summed E-state index contributed by atoms with van der Waals surface area (Å²) in [6, 6.07) is -0.0995. The van der Waals surface area contributed by atoms with Crippen LogP contribution in [0.4, 0.5) is 0 Å². The largest absolute Gasteiger partial charge is 0.463 e. The molecule has 7 nitrogen and oxygen atoms in total. The third-order valence-electron chi connectivity index (χ3n) is 6.73. The van der Waals surface area contributed by atoms with E-state index in [1.807, 2.05) is 17.1 Å². The number of carbonyl (C=O) groups excluding carboxylic acids is 3. The molecule has 0 bridgehead atoms. The van der Waals surface area contributed by atoms with Gasteiger partial charge in [-0.1, -0.05) is 25.0 Å². The van der Waals surface area contributed by atoms with Gasteiger partial charge in [0, 0.05) is 19.4 Å². The number of allylic oxidation sites excluding steroid dienone is 2. The highest BCUT2D eigenvalue weighted by molar-refractivity contribution is 5.86. The van der Waals surface area contributed by atoms with E-state index < -0.39 is 11.5 Å². The molecule has 2 atom stereocenters. The molecule has 2 N–H and O–H groups in total. The van der Waals surface area contributed by atoms with E-state index in [0.29, 0.717) is 19.4 Å². The summed E-state index contributed by atoms with van der Waals surface area (Å²) in [6.45, 7) is 0.827. The van der Waals surface area contributed by atoms with Gasteiger partial charge in [-0.2, -0.15) is 0 Å². The monoisotopic (exact) mass is 420 g/mol. The smallest absolute Gasteiger partial charge is 0.305 e. The van der Waals surface area contributed by atoms with Crippen LogP contribution in [0.3, 0.4) is 0 Å². The molecule has 0 aromatic carbocycles. The van der Waals surface area contributed by atoms with Gasteiger partial charge in [0.2, 0.25) is 11.8 Å². The van der Waals surface area contributed by atoms with Crippen LogP contribution in [0.25, 0.3) is 0 Å². The molecular formula is C23H36N2O5. The van der Waals surface area contributed by atoms with Crippen molar-refractivity contribution < 1.29 is 24.2 Å². The van der Waals surface area contributed by atoms with E-state index in [-0.39, 0.29) is 43.5 Å². The number of amides is 2. The minimum Gasteiger partial charge on any atom is -0.463 e. The average Bonchev–Trinajstić information content (AvgIpc) is 3.39. The van der Waals surface area contributed by atoms with E-state index in [1.165, 1.54) is 0 Å². The second-order valence-corrected chi connectivity index (χ2v) is 9.06. The number of hydrogen-bond acceptors (Lipinski definition) is 5. The molecule has 2 amide bonds. The number of rotatable bonds is 4. The van der Waals surface area contributed by atoms with Crippen LogP contribution in [0.1, 0.15) is 77.0 Å². The fourth-order valence-electron chi connectivity index (χ4n) is 4.92. The van der Waals surface area contributed by atoms with Crippen molar-refractivity contribution in [3.05, 3.63) is 12.2 Å². The van der Waals surface area contributed by atoms with Gasteiger partial charge in [0.25, 0.3) is 0 Å². The van der Waals surface area contributed by atoms with E-state index in [1.54, 1.807) is 0 Å². The van der Waals surface area contributed by atoms with Gasteiger partial charge in [0.05, 0.1) is 24.1 Å². The number of hydrogen-bond donors (Lipinski definition) is 2. The van der Waals surface area contributed by atoms with Crippen molar-refractivity contribution in [2.24, 2.45) is 5.92 Å². The lowest BCUT2D eigenvalue weighted by atomic mass is 9.95. The predicted octanol–water partition coefficient (Wildman–Crippen LogP) is 2.47. The van der Waals surface area contributed by atoms with E-state index in [2.05, 4.69) is 5.32 Å². The quantitative estimate of drug-likeness (QED) is 0.538. The van der Waals surface area contributed by atoms with E-state index in [4.69, 9.17) is 4.74 Å². The summed E-state index contributed by atoms with van der Waals surface area (Å²) >= 11 is 0. The van der Waals surface area contributed by atoms with Gasteiger partial charge in [0.15, 0.2) is 0 Å². The number of nitrogens with zero attached hydrogens (tertiary/aromatic N) is 1. The Kier molecular flexibility index (Phi) is 8.31. The summed E-state index contributed by atoms with van der Waals surface area (Å²) in [5.74, 6) is -0.828. The van der Waals surface area contributed by atoms with Crippen molar-refractivity contribution in [1.29, 1.82) is 0 Å². The van der Waals surface area contributed by atoms with Crippen LogP contribution >= 0.6 is 0 Å². The van der Waals surface area contributed by atoms with E-state index >= 15 is 0 Å². The minimum atomic E-state index is -0.526. The van der Waals surface area contributed by atoms with Gasteiger partial charge in [-0.3, -0.25) is 14.4 Å². The number of aliphatic hydroxyl groups excluding tert-OH is 1. The Balaban J connectivity index is 1.69. The number of esters is 1. The fraction of sp³-hybridized carbons (Fsp3) is 0.783.